The number of nitrogens with zero attached hydrogens (tertiary/aromatic N) is 1. The van der Waals surface area contributed by atoms with Gasteiger partial charge in [0.05, 0.1) is 0 Å². The van der Waals surface area contributed by atoms with Gasteiger partial charge in [-0.3, -0.25) is 10.4 Å². The van der Waals surface area contributed by atoms with Crippen LogP contribution in [0.1, 0.15) is 0 Å². The van der Waals surface area contributed by atoms with Crippen LogP contribution in [0.5, 0.6) is 0 Å². The molecule has 118 valence electrons. The van der Waals surface area contributed by atoms with Gasteiger partial charge < -0.3 is 5.32 Å². The van der Waals surface area contributed by atoms with E-state index in [1.807, 2.05) is 0 Å². The Morgan fingerprint density at radius 2 is 1.15 bits per heavy atom. The molecule has 0 radical (unpaired) electrons. The molecule has 0 unspecified atom stereocenters. The van der Waals surface area contributed by atoms with Crippen molar-refractivity contribution < 1.29 is 43.9 Å². The van der Waals surface area contributed by atoms with Gasteiger partial charge in [-0.1, -0.05) is 0 Å². The first-order chi connectivity index (χ1) is 8.59. The number of aliphatic imine (C=N–C) groups is 1. The summed E-state index contributed by atoms with van der Waals surface area (Å²) in [6.07, 6.45) is -12.6. The largest absolute Gasteiger partial charge is 0.461 e. The van der Waals surface area contributed by atoms with Gasteiger partial charge in [-0.05, 0) is 0 Å². The quantitative estimate of drug-likeness (QED) is 0.458. The fraction of sp³-hybridized carbons (Fsp3) is 0.714. The minimum atomic E-state index is -6.34. The van der Waals surface area contributed by atoms with Crippen LogP contribution in [-0.4, -0.2) is 42.9 Å². The van der Waals surface area contributed by atoms with Crippen LogP contribution in [0.25, 0.3) is 0 Å². The summed E-state index contributed by atoms with van der Waals surface area (Å²) >= 11 is 0. The molecule has 13 heteroatoms. The van der Waals surface area contributed by atoms with E-state index < -0.39 is 35.9 Å². The monoisotopic (exact) mass is 321 g/mol. The second-order valence-corrected chi connectivity index (χ2v) is 3.22. The van der Waals surface area contributed by atoms with Crippen LogP contribution in [0.2, 0.25) is 0 Å². The van der Waals surface area contributed by atoms with Gasteiger partial charge in [0.25, 0.3) is 0 Å². The highest BCUT2D eigenvalue weighted by Crippen LogP contribution is 2.38. The predicted octanol–water partition coefficient (Wildman–Crippen LogP) is 2.98. The number of alkyl halides is 10. The molecule has 2 N–H and O–H groups in total. The third-order valence-corrected chi connectivity index (χ3v) is 1.79. The fourth-order valence-electron chi connectivity index (χ4n) is 0.748. The molecule has 0 saturated heterocycles. The average Bonchev–Trinajstić information content (AvgIpc) is 2.21. The number of nitrogens with one attached hydrogen (secondary N) is 2. The standard InChI is InChI=1S/C7H5F10N3/c1-19-3(5(10,11)7(15,16)17)20-2(18)4(8,9)6(12,13)14/h1H3,(H2,18,19,20). The maximum absolute atomic E-state index is 12.7. The molecule has 0 fully saturated rings. The normalized spacial score (nSPS) is 15.2. The predicted molar refractivity (Wildman–Crippen MR) is 46.2 cm³/mol. The lowest BCUT2D eigenvalue weighted by molar-refractivity contribution is -0.253. The molecule has 0 bridgehead atoms. The fourth-order valence-corrected chi connectivity index (χ4v) is 0.748. The molecule has 3 nitrogen and oxygen atoms in total. The molecule has 0 aromatic rings. The molecule has 0 heterocycles. The highest BCUT2D eigenvalue weighted by molar-refractivity contribution is 6.05. The van der Waals surface area contributed by atoms with Crippen LogP contribution in [0.4, 0.5) is 43.9 Å². The molecule has 0 aliphatic carbocycles. The van der Waals surface area contributed by atoms with Gasteiger partial charge in [0, 0.05) is 7.05 Å². The highest BCUT2D eigenvalue weighted by atomic mass is 19.4. The number of halogens is 10. The summed E-state index contributed by atoms with van der Waals surface area (Å²) in [7, 11) is 0.293. The molecular weight excluding hydrogens is 316 g/mol. The van der Waals surface area contributed by atoms with Crippen LogP contribution < -0.4 is 5.32 Å². The molecule has 0 spiro atoms. The Bertz CT molecular complexity index is 404. The Hall–Kier alpha value is -1.56. The second-order valence-electron chi connectivity index (χ2n) is 3.22. The average molecular weight is 321 g/mol. The van der Waals surface area contributed by atoms with Crippen LogP contribution in [-0.2, 0) is 0 Å². The Kier molecular flexibility index (Phi) is 4.69. The van der Waals surface area contributed by atoms with Crippen molar-refractivity contribution in [3.8, 4) is 0 Å². The molecule has 0 atom stereocenters. The van der Waals surface area contributed by atoms with Gasteiger partial charge in [0.2, 0.25) is 0 Å². The first kappa shape index (κ1) is 18.4. The van der Waals surface area contributed by atoms with Gasteiger partial charge in [0.15, 0.2) is 11.7 Å². The van der Waals surface area contributed by atoms with Crippen LogP contribution in [0, 0.1) is 5.41 Å². The number of rotatable bonds is 2. The van der Waals surface area contributed by atoms with Gasteiger partial charge in [-0.15, -0.1) is 0 Å². The van der Waals surface area contributed by atoms with Crippen LogP contribution >= 0.6 is 0 Å². The van der Waals surface area contributed by atoms with E-state index in [1.165, 1.54) is 0 Å². The zero-order valence-electron chi connectivity index (χ0n) is 9.23. The van der Waals surface area contributed by atoms with Crippen molar-refractivity contribution in [2.75, 3.05) is 7.05 Å². The summed E-state index contributed by atoms with van der Waals surface area (Å²) in [5.41, 5.74) is 0. The van der Waals surface area contributed by atoms with Crippen LogP contribution in [0.15, 0.2) is 4.99 Å². The van der Waals surface area contributed by atoms with Crippen molar-refractivity contribution in [1.29, 1.82) is 5.41 Å². The molecule has 0 rings (SSSR count). The van der Waals surface area contributed by atoms with E-state index in [9.17, 15) is 43.9 Å². The first-order valence-corrected chi connectivity index (χ1v) is 4.31. The molecule has 20 heavy (non-hydrogen) atoms. The highest BCUT2D eigenvalue weighted by Gasteiger charge is 2.65. The van der Waals surface area contributed by atoms with E-state index in [0.717, 1.165) is 0 Å². The maximum Gasteiger partial charge on any atom is 0.461 e. The molecule has 0 aromatic heterocycles. The zero-order valence-corrected chi connectivity index (χ0v) is 9.23. The first-order valence-electron chi connectivity index (χ1n) is 4.31. The van der Waals surface area contributed by atoms with Gasteiger partial charge in [0.1, 0.15) is 0 Å². The molecule has 0 amide bonds. The topological polar surface area (TPSA) is 48.2 Å². The van der Waals surface area contributed by atoms with E-state index in [0.29, 0.717) is 12.4 Å². The smallest absolute Gasteiger partial charge is 0.322 e. The van der Waals surface area contributed by atoms with E-state index in [-0.39, 0.29) is 0 Å². The lowest BCUT2D eigenvalue weighted by Crippen LogP contribution is -2.58. The Labute approximate surface area is 104 Å². The third kappa shape index (κ3) is 3.30. The minimum absolute atomic E-state index is 0.293. The summed E-state index contributed by atoms with van der Waals surface area (Å²) in [6, 6.07) is 0. The van der Waals surface area contributed by atoms with Gasteiger partial charge in [-0.25, -0.2) is 0 Å². The zero-order chi connectivity index (χ0) is 16.6. The SMILES string of the molecule is CN=C(NC(=N)C(F)(F)C(F)(F)F)C(F)(F)C(F)(F)F. The molecule has 0 saturated carbocycles. The van der Waals surface area contributed by atoms with Crippen LogP contribution in [0.3, 0.4) is 0 Å². The lowest BCUT2D eigenvalue weighted by Gasteiger charge is -2.25. The Morgan fingerprint density at radius 3 is 1.40 bits per heavy atom. The summed E-state index contributed by atoms with van der Waals surface area (Å²) in [6.45, 7) is 0. The van der Waals surface area contributed by atoms with Crippen molar-refractivity contribution in [2.45, 2.75) is 24.2 Å². The van der Waals surface area contributed by atoms with Crippen molar-refractivity contribution in [1.82, 2.24) is 5.32 Å². The third-order valence-electron chi connectivity index (χ3n) is 1.79. The Balaban J connectivity index is 5.37. The molecular formula is C7H5F10N3. The molecule has 0 aliphatic rings. The summed E-state index contributed by atoms with van der Waals surface area (Å²) in [5.74, 6) is -17.2. The van der Waals surface area contributed by atoms with E-state index in [1.54, 1.807) is 0 Å². The van der Waals surface area contributed by atoms with Crippen molar-refractivity contribution in [3.63, 3.8) is 0 Å². The van der Waals surface area contributed by atoms with Crippen molar-refractivity contribution in [2.24, 2.45) is 4.99 Å². The molecule has 0 aromatic carbocycles. The number of hydrogen-bond acceptors (Lipinski definition) is 2. The summed E-state index contributed by atoms with van der Waals surface area (Å²) in [4.78, 5) is 2.26. The van der Waals surface area contributed by atoms with Crippen molar-refractivity contribution >= 4 is 11.7 Å². The minimum Gasteiger partial charge on any atom is -0.322 e. The lowest BCUT2D eigenvalue weighted by atomic mass is 10.2. The van der Waals surface area contributed by atoms with Crippen molar-refractivity contribution in [3.05, 3.63) is 0 Å². The molecule has 0 aliphatic heterocycles. The number of hydrogen-bond donors (Lipinski definition) is 2. The van der Waals surface area contributed by atoms with E-state index in [4.69, 9.17) is 5.41 Å². The maximum atomic E-state index is 12.7. The van der Waals surface area contributed by atoms with Gasteiger partial charge in [-0.2, -0.15) is 43.9 Å². The second kappa shape index (κ2) is 5.09. The van der Waals surface area contributed by atoms with Gasteiger partial charge >= 0.3 is 24.2 Å². The van der Waals surface area contributed by atoms with E-state index >= 15 is 0 Å². The summed E-state index contributed by atoms with van der Waals surface area (Å²) < 4.78 is 121. The summed E-state index contributed by atoms with van der Waals surface area (Å²) in [5, 5.41) is 6.66. The number of amidine groups is 2. The Morgan fingerprint density at radius 1 is 0.800 bits per heavy atom. The van der Waals surface area contributed by atoms with E-state index in [2.05, 4.69) is 4.99 Å².